The molecular weight excluding hydrogens is 338 g/mol. The number of nitrogens with zero attached hydrogens (tertiary/aromatic N) is 2. The Morgan fingerprint density at radius 1 is 1.45 bits per heavy atom. The van der Waals surface area contributed by atoms with Crippen molar-refractivity contribution in [3.63, 3.8) is 0 Å². The number of halogens is 1. The van der Waals surface area contributed by atoms with Crippen molar-refractivity contribution >= 4 is 50.2 Å². The van der Waals surface area contributed by atoms with Crippen LogP contribution in [0.3, 0.4) is 0 Å². The quantitative estimate of drug-likeness (QED) is 0.826. The van der Waals surface area contributed by atoms with E-state index in [9.17, 15) is 8.42 Å². The monoisotopic (exact) mass is 353 g/mol. The van der Waals surface area contributed by atoms with Gasteiger partial charge in [-0.25, -0.2) is 8.42 Å². The van der Waals surface area contributed by atoms with Crippen molar-refractivity contribution < 1.29 is 8.42 Å². The minimum atomic E-state index is -3.44. The fourth-order valence-corrected chi connectivity index (χ4v) is 5.50. The molecule has 0 spiro atoms. The summed E-state index contributed by atoms with van der Waals surface area (Å²) in [7, 11) is -3.44. The summed E-state index contributed by atoms with van der Waals surface area (Å²) in [5.41, 5.74) is 6.29. The maximum absolute atomic E-state index is 12.5. The highest BCUT2D eigenvalue weighted by Crippen LogP contribution is 2.32. The Kier molecular flexibility index (Phi) is 5.04. The van der Waals surface area contributed by atoms with Crippen LogP contribution in [0.25, 0.3) is 0 Å². The first-order valence-corrected chi connectivity index (χ1v) is 9.11. The van der Waals surface area contributed by atoms with E-state index in [1.807, 2.05) is 0 Å². The van der Waals surface area contributed by atoms with Crippen LogP contribution in [0.4, 0.5) is 0 Å². The lowest BCUT2D eigenvalue weighted by Gasteiger charge is -2.33. The Labute approximate surface area is 133 Å². The molecule has 0 saturated carbocycles. The highest BCUT2D eigenvalue weighted by atomic mass is 35.5. The number of nitrogens with two attached hydrogens (primary N) is 1. The molecule has 5 nitrogen and oxygen atoms in total. The fourth-order valence-electron chi connectivity index (χ4n) is 2.03. The summed E-state index contributed by atoms with van der Waals surface area (Å²) in [5, 5.41) is 0. The summed E-state index contributed by atoms with van der Waals surface area (Å²) in [4.78, 5) is 2.49. The zero-order valence-corrected chi connectivity index (χ0v) is 14.2. The molecule has 1 aromatic heterocycles. The number of aryl methyl sites for hydroxylation is 1. The number of rotatable bonds is 4. The van der Waals surface area contributed by atoms with Crippen LogP contribution in [0.15, 0.2) is 10.3 Å². The first kappa shape index (κ1) is 16.1. The van der Waals surface area contributed by atoms with Gasteiger partial charge in [-0.3, -0.25) is 4.90 Å². The first-order valence-electron chi connectivity index (χ1n) is 6.07. The summed E-state index contributed by atoms with van der Waals surface area (Å²) in [6.45, 7) is 4.49. The molecule has 0 aliphatic carbocycles. The minimum Gasteiger partial charge on any atom is -0.392 e. The van der Waals surface area contributed by atoms with Crippen LogP contribution in [0.5, 0.6) is 0 Å². The highest BCUT2D eigenvalue weighted by molar-refractivity contribution is 7.91. The predicted molar refractivity (Wildman–Crippen MR) is 86.1 cm³/mol. The second-order valence-electron chi connectivity index (χ2n) is 4.67. The van der Waals surface area contributed by atoms with Gasteiger partial charge in [0.25, 0.3) is 10.0 Å². The Bertz CT molecular complexity index is 587. The van der Waals surface area contributed by atoms with Gasteiger partial charge in [0.15, 0.2) is 0 Å². The van der Waals surface area contributed by atoms with Crippen molar-refractivity contribution in [2.75, 3.05) is 32.7 Å². The molecule has 1 aliphatic heterocycles. The summed E-state index contributed by atoms with van der Waals surface area (Å²) >= 11 is 11.9. The van der Waals surface area contributed by atoms with Gasteiger partial charge >= 0.3 is 0 Å². The van der Waals surface area contributed by atoms with Crippen LogP contribution in [0.2, 0.25) is 4.34 Å². The third-order valence-corrected chi connectivity index (χ3v) is 7.17. The van der Waals surface area contributed by atoms with Crippen LogP contribution < -0.4 is 5.73 Å². The van der Waals surface area contributed by atoms with Gasteiger partial charge in [0.1, 0.15) is 4.21 Å². The van der Waals surface area contributed by atoms with Gasteiger partial charge in [-0.05, 0) is 18.6 Å². The third kappa shape index (κ3) is 3.49. The lowest BCUT2D eigenvalue weighted by atomic mass is 10.3. The molecule has 1 saturated heterocycles. The molecule has 0 aromatic carbocycles. The van der Waals surface area contributed by atoms with E-state index in [0.717, 1.165) is 16.9 Å². The van der Waals surface area contributed by atoms with Gasteiger partial charge in [-0.2, -0.15) is 4.31 Å². The lowest BCUT2D eigenvalue weighted by Crippen LogP contribution is -2.50. The third-order valence-electron chi connectivity index (χ3n) is 3.14. The number of sulfonamides is 1. The molecule has 1 fully saturated rings. The van der Waals surface area contributed by atoms with E-state index in [-0.39, 0.29) is 0 Å². The molecule has 0 unspecified atom stereocenters. The lowest BCUT2D eigenvalue weighted by molar-refractivity contribution is 0.210. The second-order valence-corrected chi connectivity index (χ2v) is 9.01. The first-order chi connectivity index (χ1) is 9.30. The summed E-state index contributed by atoms with van der Waals surface area (Å²) in [6, 6.07) is 1.63. The van der Waals surface area contributed by atoms with E-state index in [4.69, 9.17) is 29.6 Å². The number of hydrogen-bond donors (Lipinski definition) is 1. The van der Waals surface area contributed by atoms with Gasteiger partial charge in [-0.15, -0.1) is 11.3 Å². The van der Waals surface area contributed by atoms with Crippen molar-refractivity contribution in [2.24, 2.45) is 5.73 Å². The second kappa shape index (κ2) is 6.25. The van der Waals surface area contributed by atoms with Crippen molar-refractivity contribution in [1.29, 1.82) is 0 Å². The molecule has 1 aliphatic rings. The molecule has 2 heterocycles. The SMILES string of the molecule is Cc1cc(S(=O)(=O)N2CCN(CC(N)=S)CC2)sc1Cl. The minimum absolute atomic E-state index is 0.308. The maximum Gasteiger partial charge on any atom is 0.252 e. The predicted octanol–water partition coefficient (Wildman–Crippen LogP) is 1.30. The largest absolute Gasteiger partial charge is 0.392 e. The van der Waals surface area contributed by atoms with Crippen LogP contribution in [0, 0.1) is 6.92 Å². The van der Waals surface area contributed by atoms with Crippen molar-refractivity contribution in [1.82, 2.24) is 9.21 Å². The molecule has 20 heavy (non-hydrogen) atoms. The van der Waals surface area contributed by atoms with Gasteiger partial charge < -0.3 is 5.73 Å². The molecule has 112 valence electrons. The smallest absolute Gasteiger partial charge is 0.252 e. The van der Waals surface area contributed by atoms with Crippen molar-refractivity contribution in [3.05, 3.63) is 16.0 Å². The standard InChI is InChI=1S/C11H16ClN3O2S3/c1-8-6-10(19-11(8)12)20(16,17)15-4-2-14(3-5-15)7-9(13)18/h6H,2-5,7H2,1H3,(H2,13,18). The van der Waals surface area contributed by atoms with Crippen LogP contribution in [0.1, 0.15) is 5.56 Å². The van der Waals surface area contributed by atoms with Gasteiger partial charge in [0.05, 0.1) is 9.32 Å². The van der Waals surface area contributed by atoms with Gasteiger partial charge in [0, 0.05) is 32.7 Å². The number of hydrogen-bond acceptors (Lipinski definition) is 5. The number of thiophene rings is 1. The summed E-state index contributed by atoms with van der Waals surface area (Å²) in [5.74, 6) is 0. The average molecular weight is 354 g/mol. The molecular formula is C11H16ClN3O2S3. The Balaban J connectivity index is 2.07. The summed E-state index contributed by atoms with van der Waals surface area (Å²) < 4.78 is 27.3. The van der Waals surface area contributed by atoms with E-state index in [2.05, 4.69) is 4.90 Å². The Morgan fingerprint density at radius 2 is 2.05 bits per heavy atom. The molecule has 2 rings (SSSR count). The maximum atomic E-state index is 12.5. The highest BCUT2D eigenvalue weighted by Gasteiger charge is 2.30. The number of piperazine rings is 1. The average Bonchev–Trinajstić information content (AvgIpc) is 2.70. The molecule has 9 heteroatoms. The number of thiocarbonyl (C=S) groups is 1. The topological polar surface area (TPSA) is 66.6 Å². The van der Waals surface area contributed by atoms with Crippen molar-refractivity contribution in [2.45, 2.75) is 11.1 Å². The van der Waals surface area contributed by atoms with Crippen LogP contribution >= 0.6 is 35.2 Å². The van der Waals surface area contributed by atoms with Crippen LogP contribution in [-0.4, -0.2) is 55.3 Å². The van der Waals surface area contributed by atoms with Gasteiger partial charge in [0.2, 0.25) is 0 Å². The summed E-state index contributed by atoms with van der Waals surface area (Å²) in [6.07, 6.45) is 0. The fraction of sp³-hybridized carbons (Fsp3) is 0.545. The normalized spacial score (nSPS) is 18.3. The Morgan fingerprint density at radius 3 is 2.50 bits per heavy atom. The zero-order valence-electron chi connectivity index (χ0n) is 11.0. The van der Waals surface area contributed by atoms with E-state index >= 15 is 0 Å². The molecule has 0 radical (unpaired) electrons. The molecule has 0 bridgehead atoms. The molecule has 1 aromatic rings. The van der Waals surface area contributed by atoms with E-state index in [0.29, 0.717) is 46.3 Å². The molecule has 0 atom stereocenters. The van der Waals surface area contributed by atoms with Crippen LogP contribution in [-0.2, 0) is 10.0 Å². The van der Waals surface area contributed by atoms with E-state index in [1.165, 1.54) is 4.31 Å². The van der Waals surface area contributed by atoms with Gasteiger partial charge in [-0.1, -0.05) is 23.8 Å². The molecule has 2 N–H and O–H groups in total. The van der Waals surface area contributed by atoms with Crippen molar-refractivity contribution in [3.8, 4) is 0 Å². The van der Waals surface area contributed by atoms with E-state index in [1.54, 1.807) is 13.0 Å². The molecule has 0 amide bonds. The Hall–Kier alpha value is -0.250. The van der Waals surface area contributed by atoms with E-state index < -0.39 is 10.0 Å². The zero-order chi connectivity index (χ0) is 14.9.